The zero-order chi connectivity index (χ0) is 12.1. The minimum absolute atomic E-state index is 0.107. The molecular formula is C11H23N3O2. The van der Waals surface area contributed by atoms with Gasteiger partial charge in [0.05, 0.1) is 6.10 Å². The van der Waals surface area contributed by atoms with E-state index >= 15 is 0 Å². The van der Waals surface area contributed by atoms with E-state index < -0.39 is 0 Å². The average Bonchev–Trinajstić information content (AvgIpc) is 2.28. The van der Waals surface area contributed by atoms with E-state index in [0.717, 1.165) is 19.5 Å². The maximum atomic E-state index is 11.9. The van der Waals surface area contributed by atoms with Crippen LogP contribution < -0.4 is 5.32 Å². The van der Waals surface area contributed by atoms with Crippen LogP contribution in [0.2, 0.25) is 0 Å². The highest BCUT2D eigenvalue weighted by Gasteiger charge is 2.30. The number of carbonyl (C=O) groups is 1. The summed E-state index contributed by atoms with van der Waals surface area (Å²) in [5, 5.41) is 12.9. The quantitative estimate of drug-likeness (QED) is 0.657. The summed E-state index contributed by atoms with van der Waals surface area (Å²) in [5.41, 5.74) is 0. The first-order valence-electron chi connectivity index (χ1n) is 5.90. The summed E-state index contributed by atoms with van der Waals surface area (Å²) in [5.74, 6) is 0.107. The second kappa shape index (κ2) is 6.18. The van der Waals surface area contributed by atoms with Crippen molar-refractivity contribution in [2.45, 2.75) is 25.5 Å². The smallest absolute Gasteiger partial charge is 0.240 e. The molecule has 0 radical (unpaired) electrons. The first kappa shape index (κ1) is 13.4. The number of β-amino-alcohol motifs (C(OH)–C–C–N with tert-alkyl or cyclic N) is 1. The van der Waals surface area contributed by atoms with Gasteiger partial charge in [-0.2, -0.15) is 0 Å². The fourth-order valence-corrected chi connectivity index (χ4v) is 1.91. The van der Waals surface area contributed by atoms with Gasteiger partial charge in [-0.3, -0.25) is 9.69 Å². The lowest BCUT2D eigenvalue weighted by Crippen LogP contribution is -2.58. The van der Waals surface area contributed by atoms with Crippen LogP contribution in [0.25, 0.3) is 0 Å². The predicted octanol–water partition coefficient (Wildman–Crippen LogP) is -0.881. The Kier molecular flexibility index (Phi) is 5.18. The van der Waals surface area contributed by atoms with Crippen LogP contribution in [-0.2, 0) is 4.79 Å². The standard InChI is InChI=1S/C11H23N3O2/c1-4-9(15)8-14-6-5-12-7-10(14)11(16)13(2)3/h9-10,12,15H,4-8H2,1-3H3. The molecule has 1 aliphatic rings. The first-order valence-corrected chi connectivity index (χ1v) is 5.90. The Labute approximate surface area is 97.4 Å². The molecule has 1 heterocycles. The number of piperazine rings is 1. The van der Waals surface area contributed by atoms with Crippen LogP contribution in [-0.4, -0.2) is 73.2 Å². The van der Waals surface area contributed by atoms with Crippen molar-refractivity contribution in [2.24, 2.45) is 0 Å². The number of likely N-dealkylation sites (N-methyl/N-ethyl adjacent to an activating group) is 1. The molecule has 16 heavy (non-hydrogen) atoms. The van der Waals surface area contributed by atoms with Crippen molar-refractivity contribution >= 4 is 5.91 Å². The number of aliphatic hydroxyl groups is 1. The highest BCUT2D eigenvalue weighted by molar-refractivity contribution is 5.81. The van der Waals surface area contributed by atoms with Gasteiger partial charge in [-0.05, 0) is 6.42 Å². The molecule has 0 aromatic rings. The highest BCUT2D eigenvalue weighted by atomic mass is 16.3. The van der Waals surface area contributed by atoms with Gasteiger partial charge >= 0.3 is 0 Å². The van der Waals surface area contributed by atoms with Crippen molar-refractivity contribution in [1.29, 1.82) is 0 Å². The molecule has 5 heteroatoms. The van der Waals surface area contributed by atoms with Crippen molar-refractivity contribution in [3.8, 4) is 0 Å². The van der Waals surface area contributed by atoms with E-state index in [0.29, 0.717) is 13.1 Å². The minimum atomic E-state index is -0.337. The number of rotatable bonds is 4. The molecular weight excluding hydrogens is 206 g/mol. The Morgan fingerprint density at radius 2 is 2.31 bits per heavy atom. The normalized spacial score (nSPS) is 24.1. The molecule has 1 rings (SSSR count). The van der Waals surface area contributed by atoms with Crippen molar-refractivity contribution in [3.05, 3.63) is 0 Å². The second-order valence-corrected chi connectivity index (χ2v) is 4.51. The van der Waals surface area contributed by atoms with Crippen LogP contribution in [0.3, 0.4) is 0 Å². The number of amides is 1. The summed E-state index contributed by atoms with van der Waals surface area (Å²) in [6.45, 7) is 4.92. The van der Waals surface area contributed by atoms with Gasteiger partial charge in [0.25, 0.3) is 0 Å². The molecule has 94 valence electrons. The summed E-state index contributed by atoms with van der Waals surface area (Å²) < 4.78 is 0. The molecule has 2 atom stereocenters. The third-order valence-corrected chi connectivity index (χ3v) is 3.00. The average molecular weight is 229 g/mol. The van der Waals surface area contributed by atoms with E-state index in [1.54, 1.807) is 19.0 Å². The Morgan fingerprint density at radius 1 is 1.62 bits per heavy atom. The van der Waals surface area contributed by atoms with Gasteiger partial charge in [-0.15, -0.1) is 0 Å². The van der Waals surface area contributed by atoms with Gasteiger partial charge in [0, 0.05) is 40.3 Å². The fourth-order valence-electron chi connectivity index (χ4n) is 1.91. The van der Waals surface area contributed by atoms with Gasteiger partial charge in [-0.25, -0.2) is 0 Å². The first-order chi connectivity index (χ1) is 7.56. The van der Waals surface area contributed by atoms with E-state index in [9.17, 15) is 9.90 Å². The molecule has 1 saturated heterocycles. The summed E-state index contributed by atoms with van der Waals surface area (Å²) >= 11 is 0. The van der Waals surface area contributed by atoms with Gasteiger partial charge in [0.1, 0.15) is 6.04 Å². The van der Waals surface area contributed by atoms with Crippen molar-refractivity contribution < 1.29 is 9.90 Å². The van der Waals surface area contributed by atoms with Crippen LogP contribution in [0.15, 0.2) is 0 Å². The Morgan fingerprint density at radius 3 is 2.88 bits per heavy atom. The molecule has 2 N–H and O–H groups in total. The molecule has 0 aromatic heterocycles. The number of nitrogens with one attached hydrogen (secondary N) is 1. The third-order valence-electron chi connectivity index (χ3n) is 3.00. The number of nitrogens with zero attached hydrogens (tertiary/aromatic N) is 2. The summed E-state index contributed by atoms with van der Waals surface area (Å²) in [4.78, 5) is 15.6. The molecule has 0 saturated carbocycles. The Hall–Kier alpha value is -0.650. The lowest BCUT2D eigenvalue weighted by Gasteiger charge is -2.37. The number of carbonyl (C=O) groups excluding carboxylic acids is 1. The van der Waals surface area contributed by atoms with Crippen molar-refractivity contribution in [1.82, 2.24) is 15.1 Å². The maximum Gasteiger partial charge on any atom is 0.240 e. The largest absolute Gasteiger partial charge is 0.392 e. The molecule has 5 nitrogen and oxygen atoms in total. The minimum Gasteiger partial charge on any atom is -0.392 e. The van der Waals surface area contributed by atoms with Gasteiger partial charge in [0.15, 0.2) is 0 Å². The van der Waals surface area contributed by atoms with E-state index in [4.69, 9.17) is 0 Å². The third kappa shape index (κ3) is 3.43. The maximum absolute atomic E-state index is 11.9. The lowest BCUT2D eigenvalue weighted by molar-refractivity contribution is -0.135. The van der Waals surface area contributed by atoms with Crippen LogP contribution in [0.1, 0.15) is 13.3 Å². The second-order valence-electron chi connectivity index (χ2n) is 4.51. The number of hydrogen-bond donors (Lipinski definition) is 2. The zero-order valence-electron chi connectivity index (χ0n) is 10.4. The number of aliphatic hydroxyl groups excluding tert-OH is 1. The monoisotopic (exact) mass is 229 g/mol. The summed E-state index contributed by atoms with van der Waals surface area (Å²) in [6, 6.07) is -0.134. The molecule has 1 amide bonds. The van der Waals surface area contributed by atoms with E-state index in [2.05, 4.69) is 10.2 Å². The van der Waals surface area contributed by atoms with Crippen LogP contribution >= 0.6 is 0 Å². The van der Waals surface area contributed by atoms with Crippen molar-refractivity contribution in [3.63, 3.8) is 0 Å². The predicted molar refractivity (Wildman–Crippen MR) is 63.2 cm³/mol. The van der Waals surface area contributed by atoms with Gasteiger partial charge < -0.3 is 15.3 Å². The summed E-state index contributed by atoms with van der Waals surface area (Å²) in [7, 11) is 3.54. The SMILES string of the molecule is CCC(O)CN1CCNCC1C(=O)N(C)C. The van der Waals surface area contributed by atoms with Gasteiger partial charge in [-0.1, -0.05) is 6.92 Å². The Balaban J connectivity index is 2.60. The zero-order valence-corrected chi connectivity index (χ0v) is 10.4. The van der Waals surface area contributed by atoms with Crippen LogP contribution in [0.5, 0.6) is 0 Å². The van der Waals surface area contributed by atoms with Gasteiger partial charge in [0.2, 0.25) is 5.91 Å². The molecule has 0 aliphatic carbocycles. The van der Waals surface area contributed by atoms with E-state index in [-0.39, 0.29) is 18.1 Å². The molecule has 0 spiro atoms. The van der Waals surface area contributed by atoms with E-state index in [1.807, 2.05) is 6.92 Å². The lowest BCUT2D eigenvalue weighted by atomic mass is 10.1. The molecule has 0 bridgehead atoms. The highest BCUT2D eigenvalue weighted by Crippen LogP contribution is 2.08. The molecule has 1 aliphatic heterocycles. The topological polar surface area (TPSA) is 55.8 Å². The molecule has 2 unspecified atom stereocenters. The summed E-state index contributed by atoms with van der Waals surface area (Å²) in [6.07, 6.45) is 0.392. The van der Waals surface area contributed by atoms with E-state index in [1.165, 1.54) is 0 Å². The fraction of sp³-hybridized carbons (Fsp3) is 0.909. The Bertz CT molecular complexity index is 233. The van der Waals surface area contributed by atoms with Crippen molar-refractivity contribution in [2.75, 3.05) is 40.3 Å². The number of hydrogen-bond acceptors (Lipinski definition) is 4. The molecule has 1 fully saturated rings. The van der Waals surface area contributed by atoms with Crippen LogP contribution in [0.4, 0.5) is 0 Å². The molecule has 0 aromatic carbocycles. The van der Waals surface area contributed by atoms with Crippen LogP contribution in [0, 0.1) is 0 Å².